The molecule has 0 heterocycles. The summed E-state index contributed by atoms with van der Waals surface area (Å²) in [5, 5.41) is 2.86. The average Bonchev–Trinajstić information content (AvgIpc) is 2.78. The van der Waals surface area contributed by atoms with Crippen LogP contribution in [0.2, 0.25) is 0 Å². The minimum atomic E-state index is -3.63. The van der Waals surface area contributed by atoms with Crippen LogP contribution in [-0.2, 0) is 26.2 Å². The molecule has 0 fully saturated rings. The van der Waals surface area contributed by atoms with Gasteiger partial charge in [0.15, 0.2) is 0 Å². The Balaban J connectivity index is 2.21. The highest BCUT2D eigenvalue weighted by molar-refractivity contribution is 7.92. The number of sulfonamides is 1. The molecule has 0 saturated heterocycles. The number of amides is 2. The number of ether oxygens (including phenoxy) is 1. The molecule has 0 spiro atoms. The molecule has 8 nitrogen and oxygen atoms in total. The Labute approximate surface area is 213 Å². The van der Waals surface area contributed by atoms with Gasteiger partial charge in [-0.15, -0.1) is 0 Å². The van der Waals surface area contributed by atoms with Crippen LogP contribution in [0.3, 0.4) is 0 Å². The zero-order valence-corrected chi connectivity index (χ0v) is 22.6. The van der Waals surface area contributed by atoms with Gasteiger partial charge in [-0.05, 0) is 52.3 Å². The van der Waals surface area contributed by atoms with Crippen LogP contribution >= 0.6 is 0 Å². The highest BCUT2D eigenvalue weighted by Crippen LogP contribution is 2.24. The molecule has 0 radical (unpaired) electrons. The highest BCUT2D eigenvalue weighted by atomic mass is 32.2. The van der Waals surface area contributed by atoms with Crippen molar-refractivity contribution in [3.8, 4) is 5.75 Å². The van der Waals surface area contributed by atoms with E-state index in [-0.39, 0.29) is 43.3 Å². The zero-order chi connectivity index (χ0) is 27.1. The van der Waals surface area contributed by atoms with E-state index in [0.717, 1.165) is 6.26 Å². The number of anilines is 1. The zero-order valence-electron chi connectivity index (χ0n) is 21.7. The van der Waals surface area contributed by atoms with E-state index in [4.69, 9.17) is 4.74 Å². The number of carbonyl (C=O) groups excluding carboxylic acids is 2. The normalized spacial score (nSPS) is 12.5. The number of carbonyl (C=O) groups is 2. The summed E-state index contributed by atoms with van der Waals surface area (Å²) < 4.78 is 45.7. The molecule has 1 atom stereocenters. The Bertz CT molecular complexity index is 1160. The Morgan fingerprint density at radius 2 is 1.78 bits per heavy atom. The van der Waals surface area contributed by atoms with Gasteiger partial charge < -0.3 is 15.0 Å². The SMILES string of the molecule is COc1cccc(N(CCCC(=O)N(Cc2ccccc2F)C(C)C(=O)NC(C)(C)C)S(C)(=O)=O)c1. The predicted molar refractivity (Wildman–Crippen MR) is 139 cm³/mol. The molecule has 0 aromatic heterocycles. The highest BCUT2D eigenvalue weighted by Gasteiger charge is 2.29. The number of nitrogens with one attached hydrogen (secondary N) is 1. The molecule has 2 aromatic rings. The second-order valence-corrected chi connectivity index (χ2v) is 11.6. The fourth-order valence-corrected chi connectivity index (χ4v) is 4.59. The Hall–Kier alpha value is -3.14. The molecule has 0 saturated carbocycles. The van der Waals surface area contributed by atoms with Crippen molar-refractivity contribution in [2.45, 2.75) is 58.7 Å². The molecule has 1 N–H and O–H groups in total. The number of methoxy groups -OCH3 is 1. The summed E-state index contributed by atoms with van der Waals surface area (Å²) >= 11 is 0. The van der Waals surface area contributed by atoms with E-state index in [0.29, 0.717) is 11.4 Å². The van der Waals surface area contributed by atoms with Gasteiger partial charge in [0.2, 0.25) is 21.8 Å². The lowest BCUT2D eigenvalue weighted by Crippen LogP contribution is -2.52. The molecule has 0 bridgehead atoms. The van der Waals surface area contributed by atoms with Crippen molar-refractivity contribution in [3.63, 3.8) is 0 Å². The Kier molecular flexibility index (Phi) is 9.86. The minimum Gasteiger partial charge on any atom is -0.497 e. The molecule has 0 aliphatic heterocycles. The quantitative estimate of drug-likeness (QED) is 0.486. The first kappa shape index (κ1) is 29.1. The van der Waals surface area contributed by atoms with Crippen LogP contribution < -0.4 is 14.4 Å². The summed E-state index contributed by atoms with van der Waals surface area (Å²) in [5.41, 5.74) is 0.200. The van der Waals surface area contributed by atoms with Crippen molar-refractivity contribution in [1.82, 2.24) is 10.2 Å². The number of rotatable bonds is 11. The number of hydrogen-bond donors (Lipinski definition) is 1. The molecular formula is C26H36FN3O5S. The van der Waals surface area contributed by atoms with Gasteiger partial charge in [0.1, 0.15) is 17.6 Å². The van der Waals surface area contributed by atoms with Gasteiger partial charge in [0.25, 0.3) is 0 Å². The third-order valence-corrected chi connectivity index (χ3v) is 6.65. The summed E-state index contributed by atoms with van der Waals surface area (Å²) in [5.74, 6) is -0.706. The lowest BCUT2D eigenvalue weighted by Gasteiger charge is -2.32. The van der Waals surface area contributed by atoms with Crippen molar-refractivity contribution in [2.75, 3.05) is 24.2 Å². The third-order valence-electron chi connectivity index (χ3n) is 5.46. The molecular weight excluding hydrogens is 485 g/mol. The van der Waals surface area contributed by atoms with Crippen LogP contribution in [0, 0.1) is 5.82 Å². The number of benzene rings is 2. The Morgan fingerprint density at radius 1 is 1.11 bits per heavy atom. The van der Waals surface area contributed by atoms with Crippen LogP contribution in [0.1, 0.15) is 46.1 Å². The summed E-state index contributed by atoms with van der Waals surface area (Å²) in [6.07, 6.45) is 1.26. The predicted octanol–water partition coefficient (Wildman–Crippen LogP) is 3.71. The third kappa shape index (κ3) is 8.51. The topological polar surface area (TPSA) is 96.0 Å². The van der Waals surface area contributed by atoms with Gasteiger partial charge in [-0.1, -0.05) is 24.3 Å². The van der Waals surface area contributed by atoms with Crippen molar-refractivity contribution >= 4 is 27.5 Å². The molecule has 0 aliphatic carbocycles. The van der Waals surface area contributed by atoms with Gasteiger partial charge in [-0.25, -0.2) is 12.8 Å². The van der Waals surface area contributed by atoms with E-state index in [1.165, 1.54) is 22.4 Å². The summed E-state index contributed by atoms with van der Waals surface area (Å²) in [7, 11) is -2.14. The van der Waals surface area contributed by atoms with Crippen LogP contribution in [0.25, 0.3) is 0 Å². The fourth-order valence-electron chi connectivity index (χ4n) is 3.64. The molecule has 1 unspecified atom stereocenters. The lowest BCUT2D eigenvalue weighted by atomic mass is 10.1. The van der Waals surface area contributed by atoms with Gasteiger partial charge in [0.05, 0.1) is 19.1 Å². The monoisotopic (exact) mass is 521 g/mol. The van der Waals surface area contributed by atoms with Crippen LogP contribution in [0.4, 0.5) is 10.1 Å². The minimum absolute atomic E-state index is 0.0302. The maximum Gasteiger partial charge on any atom is 0.242 e. The summed E-state index contributed by atoms with van der Waals surface area (Å²) in [6, 6.07) is 11.9. The fraction of sp³-hybridized carbons (Fsp3) is 0.462. The molecule has 2 rings (SSSR count). The largest absolute Gasteiger partial charge is 0.497 e. The van der Waals surface area contributed by atoms with Gasteiger partial charge in [0, 0.05) is 36.7 Å². The van der Waals surface area contributed by atoms with E-state index in [9.17, 15) is 22.4 Å². The lowest BCUT2D eigenvalue weighted by molar-refractivity contribution is -0.141. The Morgan fingerprint density at radius 3 is 2.36 bits per heavy atom. The molecule has 10 heteroatoms. The van der Waals surface area contributed by atoms with Crippen molar-refractivity contribution in [2.24, 2.45) is 0 Å². The van der Waals surface area contributed by atoms with Gasteiger partial charge >= 0.3 is 0 Å². The van der Waals surface area contributed by atoms with Crippen LogP contribution in [0.15, 0.2) is 48.5 Å². The van der Waals surface area contributed by atoms with E-state index >= 15 is 0 Å². The average molecular weight is 522 g/mol. The van der Waals surface area contributed by atoms with Gasteiger partial charge in [-0.2, -0.15) is 0 Å². The van der Waals surface area contributed by atoms with Crippen molar-refractivity contribution in [3.05, 3.63) is 59.9 Å². The number of nitrogens with zero attached hydrogens (tertiary/aromatic N) is 2. The van der Waals surface area contributed by atoms with Crippen molar-refractivity contribution in [1.29, 1.82) is 0 Å². The van der Waals surface area contributed by atoms with Crippen molar-refractivity contribution < 1.29 is 27.1 Å². The van der Waals surface area contributed by atoms with Gasteiger partial charge in [-0.3, -0.25) is 13.9 Å². The second-order valence-electron chi connectivity index (χ2n) is 9.67. The number of halogens is 1. The molecule has 0 aliphatic rings. The second kappa shape index (κ2) is 12.2. The summed E-state index contributed by atoms with van der Waals surface area (Å²) in [4.78, 5) is 27.4. The van der Waals surface area contributed by atoms with E-state index in [2.05, 4.69) is 5.32 Å². The first-order chi connectivity index (χ1) is 16.7. The van der Waals surface area contributed by atoms with E-state index in [1.807, 2.05) is 20.8 Å². The van der Waals surface area contributed by atoms with Crippen LogP contribution in [0.5, 0.6) is 5.75 Å². The molecule has 36 heavy (non-hydrogen) atoms. The molecule has 198 valence electrons. The molecule has 2 amide bonds. The van der Waals surface area contributed by atoms with E-state index < -0.39 is 27.4 Å². The first-order valence-electron chi connectivity index (χ1n) is 11.7. The maximum atomic E-state index is 14.4. The smallest absolute Gasteiger partial charge is 0.242 e. The standard InChI is InChI=1S/C26H36FN3O5S/c1-19(25(32)28-26(2,3)4)29(18-20-11-7-8-14-23(20)27)24(31)15-10-16-30(36(6,33)34)21-12-9-13-22(17-21)35-5/h7-9,11-14,17,19H,10,15-16,18H2,1-6H3,(H,28,32). The summed E-state index contributed by atoms with van der Waals surface area (Å²) in [6.45, 7) is 7.06. The van der Waals surface area contributed by atoms with Crippen LogP contribution in [-0.4, -0.2) is 56.6 Å². The maximum absolute atomic E-state index is 14.4. The molecule has 2 aromatic carbocycles. The first-order valence-corrected chi connectivity index (χ1v) is 13.5. The number of hydrogen-bond acceptors (Lipinski definition) is 5. The van der Waals surface area contributed by atoms with E-state index in [1.54, 1.807) is 49.4 Å².